The molecule has 8 heteroatoms. The van der Waals surface area contributed by atoms with Gasteiger partial charge in [-0.05, 0) is 24.0 Å². The molecule has 1 aliphatic heterocycles. The molecule has 0 spiro atoms. The molecule has 1 saturated heterocycles. The number of hydrogen-bond acceptors (Lipinski definition) is 4. The predicted octanol–water partition coefficient (Wildman–Crippen LogP) is 2.79. The lowest BCUT2D eigenvalue weighted by Crippen LogP contribution is -2.41. The van der Waals surface area contributed by atoms with Crippen LogP contribution in [0.25, 0.3) is 0 Å². The van der Waals surface area contributed by atoms with Crippen molar-refractivity contribution in [3.63, 3.8) is 0 Å². The van der Waals surface area contributed by atoms with E-state index in [2.05, 4.69) is 5.32 Å². The Morgan fingerprint density at radius 1 is 1.52 bits per heavy atom. The molecule has 1 amide bonds. The molecule has 23 heavy (non-hydrogen) atoms. The summed E-state index contributed by atoms with van der Waals surface area (Å²) in [5.74, 6) is -2.37. The van der Waals surface area contributed by atoms with Crippen molar-refractivity contribution < 1.29 is 18.3 Å². The molecule has 0 bridgehead atoms. The Bertz CT molecular complexity index is 560. The molecule has 0 saturated carbocycles. The van der Waals surface area contributed by atoms with Crippen LogP contribution in [0.2, 0.25) is 0 Å². The number of nitrogens with one attached hydrogen (secondary N) is 1. The normalized spacial score (nSPS) is 19.1. The summed E-state index contributed by atoms with van der Waals surface area (Å²) in [7, 11) is 3.22. The van der Waals surface area contributed by atoms with E-state index in [9.17, 15) is 13.6 Å². The number of rotatable bonds is 5. The molecule has 2 rings (SSSR count). The van der Waals surface area contributed by atoms with Crippen molar-refractivity contribution in [2.75, 3.05) is 27.0 Å². The van der Waals surface area contributed by atoms with Gasteiger partial charge in [-0.1, -0.05) is 6.07 Å². The van der Waals surface area contributed by atoms with Gasteiger partial charge >= 0.3 is 0 Å². The third kappa shape index (κ3) is 4.96. The van der Waals surface area contributed by atoms with Gasteiger partial charge in [0.05, 0.1) is 19.7 Å². The van der Waals surface area contributed by atoms with Gasteiger partial charge in [0.15, 0.2) is 0 Å². The maximum Gasteiger partial charge on any atom is 0.262 e. The predicted molar refractivity (Wildman–Crippen MR) is 89.9 cm³/mol. The van der Waals surface area contributed by atoms with E-state index in [1.54, 1.807) is 25.9 Å². The zero-order chi connectivity index (χ0) is 16.3. The van der Waals surface area contributed by atoms with Crippen LogP contribution in [-0.4, -0.2) is 49.7 Å². The summed E-state index contributed by atoms with van der Waals surface area (Å²) in [6.45, 7) is -0.0822. The molecular formula is C15H21ClF2N2O2S. The summed E-state index contributed by atoms with van der Waals surface area (Å²) in [4.78, 5) is 14.7. The van der Waals surface area contributed by atoms with E-state index >= 15 is 0 Å². The number of carbonyl (C=O) groups excluding carboxylic acids is 1. The zero-order valence-electron chi connectivity index (χ0n) is 13.3. The molecule has 0 aromatic heterocycles. The fourth-order valence-corrected chi connectivity index (χ4v) is 3.03. The Morgan fingerprint density at radius 3 is 2.74 bits per heavy atom. The lowest BCUT2D eigenvalue weighted by Gasteiger charge is -2.21. The van der Waals surface area contributed by atoms with Crippen molar-refractivity contribution in [3.8, 4) is 5.75 Å². The van der Waals surface area contributed by atoms with Crippen molar-refractivity contribution in [1.29, 1.82) is 0 Å². The van der Waals surface area contributed by atoms with Gasteiger partial charge in [0.2, 0.25) is 5.91 Å². The standard InChI is InChI=1S/C15H20F2N2O2S.ClH/c1-19(14(20)11-7-15(16,17)9-18-11)8-10-4-5-13(22-3)12(6-10)21-2;/h4-6,11,18H,7-9H2,1-3H3;1H. The van der Waals surface area contributed by atoms with Crippen LogP contribution in [0.4, 0.5) is 8.78 Å². The van der Waals surface area contributed by atoms with Crippen LogP contribution in [0.3, 0.4) is 0 Å². The Hall–Kier alpha value is -1.05. The summed E-state index contributed by atoms with van der Waals surface area (Å²) in [6.07, 6.45) is 1.52. The third-order valence-corrected chi connectivity index (χ3v) is 4.43. The highest BCUT2D eigenvalue weighted by Gasteiger charge is 2.43. The van der Waals surface area contributed by atoms with Gasteiger partial charge in [0, 0.05) is 24.9 Å². The van der Waals surface area contributed by atoms with E-state index in [1.807, 2.05) is 24.5 Å². The minimum atomic E-state index is -2.80. The highest BCUT2D eigenvalue weighted by Crippen LogP contribution is 2.29. The summed E-state index contributed by atoms with van der Waals surface area (Å²) < 4.78 is 31.7. The molecule has 1 heterocycles. The van der Waals surface area contributed by atoms with E-state index < -0.39 is 24.9 Å². The first-order valence-corrected chi connectivity index (χ1v) is 8.16. The molecule has 1 aromatic rings. The molecule has 0 radical (unpaired) electrons. The van der Waals surface area contributed by atoms with Crippen LogP contribution in [-0.2, 0) is 11.3 Å². The highest BCUT2D eigenvalue weighted by molar-refractivity contribution is 7.98. The van der Waals surface area contributed by atoms with Gasteiger partial charge in [-0.3, -0.25) is 10.1 Å². The summed E-state index contributed by atoms with van der Waals surface area (Å²) in [6, 6.07) is 4.90. The SMILES string of the molecule is COc1cc(CN(C)C(=O)C2CC(F)(F)CN2)ccc1SC.Cl. The van der Waals surface area contributed by atoms with E-state index in [4.69, 9.17) is 4.74 Å². The summed E-state index contributed by atoms with van der Waals surface area (Å²) >= 11 is 1.58. The minimum Gasteiger partial charge on any atom is -0.496 e. The Balaban J connectivity index is 0.00000264. The van der Waals surface area contributed by atoms with E-state index in [1.165, 1.54) is 4.90 Å². The van der Waals surface area contributed by atoms with Crippen molar-refractivity contribution in [2.24, 2.45) is 0 Å². The maximum atomic E-state index is 13.2. The number of halogens is 3. The van der Waals surface area contributed by atoms with Crippen LogP contribution < -0.4 is 10.1 Å². The average Bonchev–Trinajstić information content (AvgIpc) is 2.86. The molecule has 130 valence electrons. The molecule has 1 aliphatic rings. The second kappa shape index (κ2) is 8.17. The van der Waals surface area contributed by atoms with Crippen molar-refractivity contribution in [3.05, 3.63) is 23.8 Å². The molecule has 0 aliphatic carbocycles. The van der Waals surface area contributed by atoms with E-state index in [0.29, 0.717) is 6.54 Å². The first-order chi connectivity index (χ1) is 10.4. The Labute approximate surface area is 145 Å². The van der Waals surface area contributed by atoms with Crippen molar-refractivity contribution >= 4 is 30.1 Å². The largest absolute Gasteiger partial charge is 0.496 e. The van der Waals surface area contributed by atoms with Crippen LogP contribution >= 0.6 is 24.2 Å². The Morgan fingerprint density at radius 2 is 2.22 bits per heavy atom. The first kappa shape index (κ1) is 20.0. The fraction of sp³-hybridized carbons (Fsp3) is 0.533. The molecule has 1 aromatic carbocycles. The number of alkyl halides is 2. The first-order valence-electron chi connectivity index (χ1n) is 6.93. The van der Waals surface area contributed by atoms with Gasteiger partial charge in [-0.2, -0.15) is 0 Å². The third-order valence-electron chi connectivity index (χ3n) is 3.65. The number of methoxy groups -OCH3 is 1. The van der Waals surface area contributed by atoms with E-state index in [0.717, 1.165) is 16.2 Å². The number of nitrogens with zero attached hydrogens (tertiary/aromatic N) is 1. The second-order valence-corrected chi connectivity index (χ2v) is 6.23. The monoisotopic (exact) mass is 366 g/mol. The number of ether oxygens (including phenoxy) is 1. The average molecular weight is 367 g/mol. The number of benzene rings is 1. The van der Waals surface area contributed by atoms with Crippen LogP contribution in [0, 0.1) is 0 Å². The van der Waals surface area contributed by atoms with E-state index in [-0.39, 0.29) is 18.3 Å². The zero-order valence-corrected chi connectivity index (χ0v) is 14.9. The molecular weight excluding hydrogens is 346 g/mol. The molecule has 1 fully saturated rings. The fourth-order valence-electron chi connectivity index (χ4n) is 2.49. The topological polar surface area (TPSA) is 41.6 Å². The van der Waals surface area contributed by atoms with Gasteiger partial charge < -0.3 is 9.64 Å². The van der Waals surface area contributed by atoms with Crippen molar-refractivity contribution in [1.82, 2.24) is 10.2 Å². The maximum absolute atomic E-state index is 13.2. The van der Waals surface area contributed by atoms with Gasteiger partial charge in [-0.25, -0.2) is 8.78 Å². The number of amides is 1. The number of likely N-dealkylation sites (N-methyl/N-ethyl adjacent to an activating group) is 1. The van der Waals surface area contributed by atoms with Crippen LogP contribution in [0.1, 0.15) is 12.0 Å². The summed E-state index contributed by atoms with van der Waals surface area (Å²) in [5.41, 5.74) is 0.898. The minimum absolute atomic E-state index is 0. The lowest BCUT2D eigenvalue weighted by molar-refractivity contribution is -0.132. The van der Waals surface area contributed by atoms with Gasteiger partial charge in [-0.15, -0.1) is 24.2 Å². The smallest absolute Gasteiger partial charge is 0.262 e. The molecule has 1 N–H and O–H groups in total. The molecule has 1 unspecified atom stereocenters. The molecule has 4 nitrogen and oxygen atoms in total. The van der Waals surface area contributed by atoms with Crippen LogP contribution in [0.15, 0.2) is 23.1 Å². The highest BCUT2D eigenvalue weighted by atomic mass is 35.5. The second-order valence-electron chi connectivity index (χ2n) is 5.38. The summed E-state index contributed by atoms with van der Waals surface area (Å²) in [5, 5.41) is 2.58. The Kier molecular flexibility index (Phi) is 7.10. The van der Waals surface area contributed by atoms with Crippen molar-refractivity contribution in [2.45, 2.75) is 29.8 Å². The number of hydrogen-bond donors (Lipinski definition) is 1. The van der Waals surface area contributed by atoms with Crippen LogP contribution in [0.5, 0.6) is 5.75 Å². The number of thioether (sulfide) groups is 1. The molecule has 1 atom stereocenters. The quantitative estimate of drug-likeness (QED) is 0.814. The van der Waals surface area contributed by atoms with Gasteiger partial charge in [0.25, 0.3) is 5.92 Å². The van der Waals surface area contributed by atoms with Gasteiger partial charge in [0.1, 0.15) is 5.75 Å². The lowest BCUT2D eigenvalue weighted by atomic mass is 10.1. The number of carbonyl (C=O) groups is 1.